The molecule has 0 unspecified atom stereocenters. The Bertz CT molecular complexity index is 731. The van der Waals surface area contributed by atoms with E-state index in [9.17, 15) is 9.59 Å². The van der Waals surface area contributed by atoms with Gasteiger partial charge in [-0.15, -0.1) is 11.8 Å². The normalized spacial score (nSPS) is 10.4. The highest BCUT2D eigenvalue weighted by Crippen LogP contribution is 2.21. The molecule has 25 heavy (non-hydrogen) atoms. The van der Waals surface area contributed by atoms with Gasteiger partial charge < -0.3 is 10.6 Å². The Morgan fingerprint density at radius 2 is 1.24 bits per heavy atom. The van der Waals surface area contributed by atoms with Crippen LogP contribution >= 0.6 is 35.0 Å². The highest BCUT2D eigenvalue weighted by Gasteiger charge is 2.08. The number of nitrogens with one attached hydrogen (secondary N) is 2. The lowest BCUT2D eigenvalue weighted by atomic mass is 10.2. The van der Waals surface area contributed by atoms with E-state index < -0.39 is 0 Å². The third kappa shape index (κ3) is 6.27. The fourth-order valence-electron chi connectivity index (χ4n) is 1.97. The van der Waals surface area contributed by atoms with E-state index in [2.05, 4.69) is 10.6 Å². The van der Waals surface area contributed by atoms with Gasteiger partial charge in [0, 0.05) is 21.4 Å². The minimum absolute atomic E-state index is 0.174. The van der Waals surface area contributed by atoms with Crippen molar-refractivity contribution in [2.45, 2.75) is 13.8 Å². The van der Waals surface area contributed by atoms with Crippen molar-refractivity contribution in [1.82, 2.24) is 0 Å². The fourth-order valence-corrected chi connectivity index (χ4v) is 2.95. The molecule has 2 aromatic carbocycles. The van der Waals surface area contributed by atoms with Crippen LogP contribution in [0.15, 0.2) is 36.4 Å². The molecular formula is C18H18Cl2N2O2S. The van der Waals surface area contributed by atoms with E-state index in [1.54, 1.807) is 24.3 Å². The summed E-state index contributed by atoms with van der Waals surface area (Å²) in [5.74, 6) is -0.0200. The Morgan fingerprint density at radius 3 is 1.60 bits per heavy atom. The molecule has 2 aromatic rings. The summed E-state index contributed by atoms with van der Waals surface area (Å²) < 4.78 is 0. The number of anilines is 2. The second-order valence-corrected chi connectivity index (χ2v) is 7.32. The highest BCUT2D eigenvalue weighted by molar-refractivity contribution is 8.00. The second kappa shape index (κ2) is 9.13. The molecule has 0 aromatic heterocycles. The van der Waals surface area contributed by atoms with Gasteiger partial charge in [0.1, 0.15) is 0 Å². The van der Waals surface area contributed by atoms with Gasteiger partial charge in [0.2, 0.25) is 11.8 Å². The first kappa shape index (κ1) is 19.6. The molecule has 2 rings (SSSR count). The van der Waals surface area contributed by atoms with Crippen LogP contribution in [-0.4, -0.2) is 23.3 Å². The summed E-state index contributed by atoms with van der Waals surface area (Å²) in [6.07, 6.45) is 0. The zero-order valence-corrected chi connectivity index (χ0v) is 16.2. The summed E-state index contributed by atoms with van der Waals surface area (Å²) in [5, 5.41) is 6.70. The van der Waals surface area contributed by atoms with Crippen molar-refractivity contribution in [1.29, 1.82) is 0 Å². The molecule has 0 saturated carbocycles. The predicted molar refractivity (Wildman–Crippen MR) is 107 cm³/mol. The Labute approximate surface area is 161 Å². The number of thioether (sulfide) groups is 1. The van der Waals surface area contributed by atoms with E-state index in [1.807, 2.05) is 26.0 Å². The van der Waals surface area contributed by atoms with Crippen molar-refractivity contribution in [3.63, 3.8) is 0 Å². The first-order valence-electron chi connectivity index (χ1n) is 7.55. The van der Waals surface area contributed by atoms with Crippen LogP contribution in [0.4, 0.5) is 11.4 Å². The van der Waals surface area contributed by atoms with Crippen molar-refractivity contribution < 1.29 is 9.59 Å². The van der Waals surface area contributed by atoms with Crippen LogP contribution in [-0.2, 0) is 9.59 Å². The number of hydrogen-bond acceptors (Lipinski definition) is 3. The number of carbonyl (C=O) groups excluding carboxylic acids is 2. The minimum Gasteiger partial charge on any atom is -0.325 e. The predicted octanol–water partition coefficient (Wildman–Crippen LogP) is 4.92. The summed E-state index contributed by atoms with van der Waals surface area (Å²) in [4.78, 5) is 23.8. The molecule has 0 saturated heterocycles. The third-order valence-electron chi connectivity index (χ3n) is 3.38. The van der Waals surface area contributed by atoms with E-state index in [4.69, 9.17) is 23.2 Å². The molecule has 0 fully saturated rings. The number of hydrogen-bond donors (Lipinski definition) is 2. The van der Waals surface area contributed by atoms with Crippen molar-refractivity contribution in [2.24, 2.45) is 0 Å². The second-order valence-electron chi connectivity index (χ2n) is 5.52. The molecule has 2 N–H and O–H groups in total. The van der Waals surface area contributed by atoms with Crippen LogP contribution in [0.2, 0.25) is 10.0 Å². The van der Waals surface area contributed by atoms with E-state index in [0.717, 1.165) is 11.1 Å². The Kier molecular flexibility index (Phi) is 7.17. The summed E-state index contributed by atoms with van der Waals surface area (Å²) in [6.45, 7) is 3.78. The number of halogens is 2. The van der Waals surface area contributed by atoms with Gasteiger partial charge in [0.25, 0.3) is 0 Å². The maximum atomic E-state index is 11.9. The first-order chi connectivity index (χ1) is 11.8. The van der Waals surface area contributed by atoms with Gasteiger partial charge in [-0.3, -0.25) is 9.59 Å². The number of rotatable bonds is 6. The molecule has 2 amide bonds. The summed E-state index contributed by atoms with van der Waals surface area (Å²) >= 11 is 13.3. The van der Waals surface area contributed by atoms with Crippen molar-refractivity contribution in [3.05, 3.63) is 57.6 Å². The molecule has 0 radical (unpaired) electrons. The molecule has 132 valence electrons. The molecule has 0 aliphatic carbocycles. The summed E-state index contributed by atoms with van der Waals surface area (Å²) in [7, 11) is 0. The maximum absolute atomic E-state index is 11.9. The SMILES string of the molecule is Cc1ccc(NC(=O)CSCC(=O)Nc2ccc(C)c(Cl)c2)cc1Cl. The van der Waals surface area contributed by atoms with Crippen molar-refractivity contribution in [3.8, 4) is 0 Å². The van der Waals surface area contributed by atoms with Crippen LogP contribution < -0.4 is 10.6 Å². The first-order valence-corrected chi connectivity index (χ1v) is 9.46. The molecule has 0 spiro atoms. The van der Waals surface area contributed by atoms with Crippen LogP contribution in [0, 0.1) is 13.8 Å². The van der Waals surface area contributed by atoms with Gasteiger partial charge in [0.15, 0.2) is 0 Å². The van der Waals surface area contributed by atoms with Gasteiger partial charge in [-0.1, -0.05) is 35.3 Å². The molecule has 0 aliphatic heterocycles. The standard InChI is InChI=1S/C18H18Cl2N2O2S/c1-11-3-5-13(7-15(11)19)21-17(23)9-25-10-18(24)22-14-6-4-12(2)16(20)8-14/h3-8H,9-10H2,1-2H3,(H,21,23)(H,22,24). The molecule has 0 heterocycles. The lowest BCUT2D eigenvalue weighted by Crippen LogP contribution is -2.18. The maximum Gasteiger partial charge on any atom is 0.234 e. The third-order valence-corrected chi connectivity index (χ3v) is 5.12. The quantitative estimate of drug-likeness (QED) is 0.728. The topological polar surface area (TPSA) is 58.2 Å². The van der Waals surface area contributed by atoms with Gasteiger partial charge in [-0.05, 0) is 49.2 Å². The molecule has 4 nitrogen and oxygen atoms in total. The van der Waals surface area contributed by atoms with Gasteiger partial charge in [-0.25, -0.2) is 0 Å². The summed E-state index contributed by atoms with van der Waals surface area (Å²) in [6, 6.07) is 10.7. The molecular weight excluding hydrogens is 379 g/mol. The average molecular weight is 397 g/mol. The average Bonchev–Trinajstić information content (AvgIpc) is 2.54. The fraction of sp³-hybridized carbons (Fsp3) is 0.222. The minimum atomic E-state index is -0.184. The smallest absolute Gasteiger partial charge is 0.234 e. The van der Waals surface area contributed by atoms with Crippen LogP contribution in [0.3, 0.4) is 0 Å². The number of amides is 2. The van der Waals surface area contributed by atoms with E-state index in [0.29, 0.717) is 21.4 Å². The van der Waals surface area contributed by atoms with Gasteiger partial charge >= 0.3 is 0 Å². The number of benzene rings is 2. The number of carbonyl (C=O) groups is 2. The number of aryl methyl sites for hydroxylation is 2. The van der Waals surface area contributed by atoms with Crippen LogP contribution in [0.1, 0.15) is 11.1 Å². The highest BCUT2D eigenvalue weighted by atomic mass is 35.5. The Balaban J connectivity index is 1.75. The zero-order valence-electron chi connectivity index (χ0n) is 13.9. The van der Waals surface area contributed by atoms with Crippen molar-refractivity contribution in [2.75, 3.05) is 22.1 Å². The monoisotopic (exact) mass is 396 g/mol. The molecule has 7 heteroatoms. The zero-order chi connectivity index (χ0) is 18.4. The molecule has 0 aliphatic rings. The summed E-state index contributed by atoms with van der Waals surface area (Å²) in [5.41, 5.74) is 3.17. The Morgan fingerprint density at radius 1 is 0.840 bits per heavy atom. The van der Waals surface area contributed by atoms with E-state index in [1.165, 1.54) is 11.8 Å². The van der Waals surface area contributed by atoms with Crippen LogP contribution in [0.5, 0.6) is 0 Å². The van der Waals surface area contributed by atoms with Gasteiger partial charge in [-0.2, -0.15) is 0 Å². The lowest BCUT2D eigenvalue weighted by Gasteiger charge is -2.08. The largest absolute Gasteiger partial charge is 0.325 e. The molecule has 0 bridgehead atoms. The van der Waals surface area contributed by atoms with Crippen molar-refractivity contribution >= 4 is 58.2 Å². The van der Waals surface area contributed by atoms with Gasteiger partial charge in [0.05, 0.1) is 11.5 Å². The Hall–Kier alpha value is -1.69. The molecule has 0 atom stereocenters. The van der Waals surface area contributed by atoms with E-state index in [-0.39, 0.29) is 23.3 Å². The lowest BCUT2D eigenvalue weighted by molar-refractivity contribution is -0.114. The van der Waals surface area contributed by atoms with Crippen LogP contribution in [0.25, 0.3) is 0 Å². The van der Waals surface area contributed by atoms with E-state index >= 15 is 0 Å².